The lowest BCUT2D eigenvalue weighted by atomic mass is 10.3. The van der Waals surface area contributed by atoms with E-state index in [-0.39, 0.29) is 12.5 Å². The van der Waals surface area contributed by atoms with Gasteiger partial charge in [-0.25, -0.2) is 0 Å². The first-order valence-electron chi connectivity index (χ1n) is 5.38. The van der Waals surface area contributed by atoms with Crippen LogP contribution in [0.2, 0.25) is 5.02 Å². The molecule has 0 unspecified atom stereocenters. The van der Waals surface area contributed by atoms with Crippen molar-refractivity contribution in [2.45, 2.75) is 13.3 Å². The molecule has 0 aromatic heterocycles. The predicted molar refractivity (Wildman–Crippen MR) is 71.0 cm³/mol. The molecule has 90 valence electrons. The normalized spacial score (nSPS) is 9.29. The molecule has 0 spiro atoms. The third-order valence-corrected chi connectivity index (χ3v) is 2.37. The van der Waals surface area contributed by atoms with Gasteiger partial charge in [0, 0.05) is 13.0 Å². The Bertz CT molecular complexity index is 435. The second-order valence-corrected chi connectivity index (χ2v) is 3.79. The lowest BCUT2D eigenvalue weighted by Gasteiger charge is -2.07. The maximum Gasteiger partial charge on any atom is 0.238 e. The van der Waals surface area contributed by atoms with Crippen LogP contribution in [0.5, 0.6) is 0 Å². The molecule has 0 aliphatic heterocycles. The Morgan fingerprint density at radius 3 is 2.88 bits per heavy atom. The summed E-state index contributed by atoms with van der Waals surface area (Å²) in [5.74, 6) is 5.60. The van der Waals surface area contributed by atoms with Crippen LogP contribution in [0.15, 0.2) is 24.3 Å². The van der Waals surface area contributed by atoms with E-state index in [1.807, 2.05) is 12.1 Å². The van der Waals surface area contributed by atoms with Gasteiger partial charge in [-0.15, -0.1) is 11.8 Å². The third-order valence-electron chi connectivity index (χ3n) is 2.04. The maximum atomic E-state index is 11.5. The van der Waals surface area contributed by atoms with Crippen LogP contribution in [-0.4, -0.2) is 19.0 Å². The fourth-order valence-electron chi connectivity index (χ4n) is 1.23. The maximum absolute atomic E-state index is 11.5. The van der Waals surface area contributed by atoms with Crippen molar-refractivity contribution in [1.29, 1.82) is 0 Å². The Balaban J connectivity index is 2.29. The predicted octanol–water partition coefficient (Wildman–Crippen LogP) is 2.28. The second kappa shape index (κ2) is 7.72. The van der Waals surface area contributed by atoms with Crippen molar-refractivity contribution >= 4 is 23.2 Å². The molecule has 1 aromatic rings. The van der Waals surface area contributed by atoms with Crippen LogP contribution < -0.4 is 10.6 Å². The molecule has 0 radical (unpaired) electrons. The summed E-state index contributed by atoms with van der Waals surface area (Å²) in [5, 5.41) is 6.27. The Labute approximate surface area is 107 Å². The summed E-state index contributed by atoms with van der Waals surface area (Å²) in [4.78, 5) is 11.5. The smallest absolute Gasteiger partial charge is 0.238 e. The van der Waals surface area contributed by atoms with E-state index in [9.17, 15) is 4.79 Å². The Hall–Kier alpha value is -1.50. The minimum atomic E-state index is -0.109. The molecule has 2 N–H and O–H groups in total. The highest BCUT2D eigenvalue weighted by atomic mass is 35.5. The number of para-hydroxylation sites is 1. The minimum absolute atomic E-state index is 0.109. The zero-order valence-electron chi connectivity index (χ0n) is 9.72. The molecule has 0 atom stereocenters. The molecule has 0 saturated carbocycles. The molecule has 1 aromatic carbocycles. The van der Waals surface area contributed by atoms with Gasteiger partial charge >= 0.3 is 0 Å². The Morgan fingerprint density at radius 2 is 2.18 bits per heavy atom. The van der Waals surface area contributed by atoms with E-state index in [2.05, 4.69) is 22.5 Å². The molecule has 0 heterocycles. The minimum Gasteiger partial charge on any atom is -0.324 e. The Kier molecular flexibility index (Phi) is 6.16. The zero-order valence-corrected chi connectivity index (χ0v) is 10.5. The van der Waals surface area contributed by atoms with Crippen LogP contribution in [0.3, 0.4) is 0 Å². The molecule has 0 aliphatic rings. The van der Waals surface area contributed by atoms with E-state index in [0.29, 0.717) is 17.3 Å². The molecule has 0 aliphatic carbocycles. The molecular formula is C13H15ClN2O. The molecule has 0 fully saturated rings. The number of halogens is 1. The lowest BCUT2D eigenvalue weighted by molar-refractivity contribution is -0.115. The molecule has 0 saturated heterocycles. The van der Waals surface area contributed by atoms with E-state index in [0.717, 1.165) is 6.42 Å². The SMILES string of the molecule is CC#CCCNCC(=O)Nc1ccccc1Cl. The third kappa shape index (κ3) is 5.39. The van der Waals surface area contributed by atoms with Gasteiger partial charge in [-0.1, -0.05) is 23.7 Å². The highest BCUT2D eigenvalue weighted by Gasteiger charge is 2.03. The van der Waals surface area contributed by atoms with Gasteiger partial charge in [-0.05, 0) is 19.1 Å². The van der Waals surface area contributed by atoms with Crippen LogP contribution in [0.4, 0.5) is 5.69 Å². The van der Waals surface area contributed by atoms with Gasteiger partial charge in [0.2, 0.25) is 5.91 Å². The average Bonchev–Trinajstić information content (AvgIpc) is 2.32. The van der Waals surface area contributed by atoms with Crippen molar-refractivity contribution in [3.63, 3.8) is 0 Å². The van der Waals surface area contributed by atoms with Crippen molar-refractivity contribution < 1.29 is 4.79 Å². The van der Waals surface area contributed by atoms with E-state index in [4.69, 9.17) is 11.6 Å². The standard InChI is InChI=1S/C13H15ClN2O/c1-2-3-6-9-15-10-13(17)16-12-8-5-4-7-11(12)14/h4-5,7-8,15H,6,9-10H2,1H3,(H,16,17). The average molecular weight is 251 g/mol. The molecule has 3 nitrogen and oxygen atoms in total. The summed E-state index contributed by atoms with van der Waals surface area (Å²) in [6, 6.07) is 7.15. The van der Waals surface area contributed by atoms with Crippen LogP contribution in [0, 0.1) is 11.8 Å². The van der Waals surface area contributed by atoms with Crippen molar-refractivity contribution in [3.8, 4) is 11.8 Å². The Morgan fingerprint density at radius 1 is 1.41 bits per heavy atom. The summed E-state index contributed by atoms with van der Waals surface area (Å²) in [5.41, 5.74) is 0.634. The van der Waals surface area contributed by atoms with Gasteiger partial charge in [0.15, 0.2) is 0 Å². The monoisotopic (exact) mass is 250 g/mol. The molecule has 0 bridgehead atoms. The summed E-state index contributed by atoms with van der Waals surface area (Å²) < 4.78 is 0. The van der Waals surface area contributed by atoms with E-state index >= 15 is 0 Å². The first-order chi connectivity index (χ1) is 8.24. The van der Waals surface area contributed by atoms with E-state index in [1.54, 1.807) is 19.1 Å². The number of hydrogen-bond donors (Lipinski definition) is 2. The van der Waals surface area contributed by atoms with Gasteiger partial charge in [-0.3, -0.25) is 4.79 Å². The van der Waals surface area contributed by atoms with Crippen LogP contribution in [0.1, 0.15) is 13.3 Å². The van der Waals surface area contributed by atoms with Crippen molar-refractivity contribution in [1.82, 2.24) is 5.32 Å². The zero-order chi connectivity index (χ0) is 12.5. The van der Waals surface area contributed by atoms with Gasteiger partial charge in [-0.2, -0.15) is 0 Å². The second-order valence-electron chi connectivity index (χ2n) is 3.38. The number of hydrogen-bond acceptors (Lipinski definition) is 2. The van der Waals surface area contributed by atoms with Gasteiger partial charge in [0.1, 0.15) is 0 Å². The largest absolute Gasteiger partial charge is 0.324 e. The van der Waals surface area contributed by atoms with Crippen LogP contribution in [-0.2, 0) is 4.79 Å². The van der Waals surface area contributed by atoms with Gasteiger partial charge in [0.25, 0.3) is 0 Å². The number of benzene rings is 1. The fourth-order valence-corrected chi connectivity index (χ4v) is 1.42. The highest BCUT2D eigenvalue weighted by Crippen LogP contribution is 2.19. The van der Waals surface area contributed by atoms with Crippen molar-refractivity contribution in [3.05, 3.63) is 29.3 Å². The molecule has 1 amide bonds. The quantitative estimate of drug-likeness (QED) is 0.622. The summed E-state index contributed by atoms with van der Waals surface area (Å²) >= 11 is 5.92. The number of anilines is 1. The van der Waals surface area contributed by atoms with Crippen LogP contribution >= 0.6 is 11.6 Å². The number of amides is 1. The first kappa shape index (κ1) is 13.6. The number of nitrogens with one attached hydrogen (secondary N) is 2. The van der Waals surface area contributed by atoms with Crippen molar-refractivity contribution in [2.75, 3.05) is 18.4 Å². The lowest BCUT2D eigenvalue weighted by Crippen LogP contribution is -2.28. The highest BCUT2D eigenvalue weighted by molar-refractivity contribution is 6.33. The number of rotatable bonds is 5. The first-order valence-corrected chi connectivity index (χ1v) is 5.76. The summed E-state index contributed by atoms with van der Waals surface area (Å²) in [6.07, 6.45) is 0.746. The van der Waals surface area contributed by atoms with E-state index < -0.39 is 0 Å². The number of carbonyl (C=O) groups is 1. The van der Waals surface area contributed by atoms with Crippen LogP contribution in [0.25, 0.3) is 0 Å². The molecular weight excluding hydrogens is 236 g/mol. The van der Waals surface area contributed by atoms with Gasteiger partial charge < -0.3 is 10.6 Å². The van der Waals surface area contributed by atoms with E-state index in [1.165, 1.54) is 0 Å². The fraction of sp³-hybridized carbons (Fsp3) is 0.308. The molecule has 17 heavy (non-hydrogen) atoms. The summed E-state index contributed by atoms with van der Waals surface area (Å²) in [7, 11) is 0. The number of carbonyl (C=O) groups excluding carboxylic acids is 1. The molecule has 4 heteroatoms. The topological polar surface area (TPSA) is 41.1 Å². The molecule has 1 rings (SSSR count). The van der Waals surface area contributed by atoms with Crippen molar-refractivity contribution in [2.24, 2.45) is 0 Å². The summed E-state index contributed by atoms with van der Waals surface area (Å²) in [6.45, 7) is 2.76. The van der Waals surface area contributed by atoms with Gasteiger partial charge in [0.05, 0.1) is 17.3 Å².